The third-order valence-corrected chi connectivity index (χ3v) is 4.62. The molecule has 3 heterocycles. The van der Waals surface area contributed by atoms with Crippen LogP contribution >= 0.6 is 0 Å². The van der Waals surface area contributed by atoms with E-state index < -0.39 is 12.1 Å². The zero-order chi connectivity index (χ0) is 20.6. The van der Waals surface area contributed by atoms with Gasteiger partial charge in [0.25, 0.3) is 5.91 Å². The molecule has 0 atom stereocenters. The predicted molar refractivity (Wildman–Crippen MR) is 92.3 cm³/mol. The van der Waals surface area contributed by atoms with Crippen molar-refractivity contribution >= 4 is 5.91 Å². The second-order valence-corrected chi connectivity index (χ2v) is 6.48. The molecule has 0 unspecified atom stereocenters. The van der Waals surface area contributed by atoms with Crippen molar-refractivity contribution < 1.29 is 22.5 Å². The fourth-order valence-electron chi connectivity index (χ4n) is 3.13. The molecule has 29 heavy (non-hydrogen) atoms. The number of alkyl halides is 3. The van der Waals surface area contributed by atoms with Crippen LogP contribution in [0.25, 0.3) is 11.4 Å². The van der Waals surface area contributed by atoms with E-state index >= 15 is 0 Å². The maximum Gasteiger partial charge on any atom is 0.471 e. The van der Waals surface area contributed by atoms with Crippen molar-refractivity contribution in [3.8, 4) is 17.5 Å². The summed E-state index contributed by atoms with van der Waals surface area (Å²) in [5.41, 5.74) is 1.86. The number of likely N-dealkylation sites (tertiary alicyclic amines) is 1. The lowest BCUT2D eigenvalue weighted by Crippen LogP contribution is -2.48. The van der Waals surface area contributed by atoms with Crippen LogP contribution in [0.4, 0.5) is 13.2 Å². The van der Waals surface area contributed by atoms with E-state index in [4.69, 9.17) is 0 Å². The summed E-state index contributed by atoms with van der Waals surface area (Å²) in [6.45, 7) is 0.865. The van der Waals surface area contributed by atoms with Gasteiger partial charge in [-0.2, -0.15) is 23.4 Å². The summed E-state index contributed by atoms with van der Waals surface area (Å²) >= 11 is 0. The van der Waals surface area contributed by atoms with Gasteiger partial charge in [0.15, 0.2) is 0 Å². The van der Waals surface area contributed by atoms with Gasteiger partial charge in [-0.1, -0.05) is 17.3 Å². The van der Waals surface area contributed by atoms with Crippen molar-refractivity contribution in [1.29, 1.82) is 5.26 Å². The molecule has 0 N–H and O–H groups in total. The Hall–Kier alpha value is -3.74. The largest absolute Gasteiger partial charge is 0.471 e. The van der Waals surface area contributed by atoms with Gasteiger partial charge >= 0.3 is 12.1 Å². The molecule has 2 aromatic heterocycles. The van der Waals surface area contributed by atoms with Gasteiger partial charge in [-0.25, -0.2) is 0 Å². The molecule has 1 aliphatic heterocycles. The fraction of sp³-hybridized carbons (Fsp3) is 0.211. The number of benzene rings is 1. The highest BCUT2D eigenvalue weighted by Gasteiger charge is 2.38. The lowest BCUT2D eigenvalue weighted by Gasteiger charge is -2.39. The first-order valence-corrected chi connectivity index (χ1v) is 8.51. The molecule has 7 nitrogen and oxygen atoms in total. The molecule has 1 amide bonds. The number of carbonyl (C=O) groups is 1. The van der Waals surface area contributed by atoms with E-state index in [9.17, 15) is 23.2 Å². The van der Waals surface area contributed by atoms with Crippen LogP contribution in [-0.2, 0) is 6.18 Å². The molecule has 146 valence electrons. The van der Waals surface area contributed by atoms with E-state index in [0.29, 0.717) is 24.2 Å². The minimum absolute atomic E-state index is 0.0336. The molecular formula is C19H12F3N5O2. The van der Waals surface area contributed by atoms with Crippen LogP contribution in [0, 0.1) is 11.3 Å². The normalized spacial score (nSPS) is 14.3. The Morgan fingerprint density at radius 3 is 2.76 bits per heavy atom. The van der Waals surface area contributed by atoms with Crippen LogP contribution in [0.1, 0.15) is 33.3 Å². The van der Waals surface area contributed by atoms with E-state index in [1.807, 2.05) is 0 Å². The summed E-state index contributed by atoms with van der Waals surface area (Å²) in [6.07, 6.45) is -1.64. The lowest BCUT2D eigenvalue weighted by atomic mass is 9.89. The van der Waals surface area contributed by atoms with Crippen molar-refractivity contribution in [3.63, 3.8) is 0 Å². The molecule has 4 rings (SSSR count). The van der Waals surface area contributed by atoms with Gasteiger partial charge in [0.05, 0.1) is 5.56 Å². The summed E-state index contributed by atoms with van der Waals surface area (Å²) in [5.74, 6) is -1.93. The first-order valence-electron chi connectivity index (χ1n) is 8.51. The smallest absolute Gasteiger partial charge is 0.337 e. The van der Waals surface area contributed by atoms with Crippen molar-refractivity contribution in [3.05, 3.63) is 65.3 Å². The second-order valence-electron chi connectivity index (χ2n) is 6.48. The molecule has 0 saturated carbocycles. The van der Waals surface area contributed by atoms with Gasteiger partial charge in [-0.15, -0.1) is 0 Å². The number of hydrogen-bond donors (Lipinski definition) is 0. The van der Waals surface area contributed by atoms with Gasteiger partial charge in [0.2, 0.25) is 5.82 Å². The summed E-state index contributed by atoms with van der Waals surface area (Å²) in [6, 6.07) is 9.88. The third-order valence-electron chi connectivity index (χ3n) is 4.62. The Labute approximate surface area is 162 Å². The summed E-state index contributed by atoms with van der Waals surface area (Å²) in [5, 5.41) is 12.5. The SMILES string of the molecule is N#Cc1cnccc1C1CN(C(=O)c2cccc(-c3noc(C(F)(F)F)n3)c2)C1. The van der Waals surface area contributed by atoms with Crippen molar-refractivity contribution in [2.75, 3.05) is 13.1 Å². The number of hydrogen-bond acceptors (Lipinski definition) is 6. The average molecular weight is 399 g/mol. The number of nitriles is 1. The van der Waals surface area contributed by atoms with E-state index in [2.05, 4.69) is 25.7 Å². The summed E-state index contributed by atoms with van der Waals surface area (Å²) < 4.78 is 42.1. The number of halogens is 3. The Morgan fingerprint density at radius 1 is 1.28 bits per heavy atom. The number of pyridine rings is 1. The van der Waals surface area contributed by atoms with Crippen LogP contribution in [-0.4, -0.2) is 39.0 Å². The Balaban J connectivity index is 1.49. The molecule has 1 aliphatic rings. The second kappa shape index (κ2) is 7.01. The first-order chi connectivity index (χ1) is 13.9. The van der Waals surface area contributed by atoms with Gasteiger partial charge in [-0.3, -0.25) is 9.78 Å². The molecule has 1 saturated heterocycles. The molecular weight excluding hydrogens is 387 g/mol. The van der Waals surface area contributed by atoms with E-state index in [1.165, 1.54) is 18.3 Å². The van der Waals surface area contributed by atoms with Crippen molar-refractivity contribution in [2.24, 2.45) is 0 Å². The maximum absolute atomic E-state index is 12.7. The topological polar surface area (TPSA) is 95.9 Å². The van der Waals surface area contributed by atoms with Gasteiger partial charge in [0, 0.05) is 42.5 Å². The highest BCUT2D eigenvalue weighted by atomic mass is 19.4. The van der Waals surface area contributed by atoms with E-state index in [-0.39, 0.29) is 23.2 Å². The molecule has 10 heteroatoms. The zero-order valence-corrected chi connectivity index (χ0v) is 14.7. The molecule has 1 fully saturated rings. The monoisotopic (exact) mass is 399 g/mol. The minimum atomic E-state index is -4.74. The van der Waals surface area contributed by atoms with Gasteiger partial charge < -0.3 is 9.42 Å². The zero-order valence-electron chi connectivity index (χ0n) is 14.7. The molecule has 3 aromatic rings. The Bertz CT molecular complexity index is 1110. The van der Waals surface area contributed by atoms with Gasteiger partial charge in [0.1, 0.15) is 6.07 Å². The van der Waals surface area contributed by atoms with Crippen molar-refractivity contribution in [2.45, 2.75) is 12.1 Å². The quantitative estimate of drug-likeness (QED) is 0.671. The van der Waals surface area contributed by atoms with Crippen LogP contribution in [0.3, 0.4) is 0 Å². The molecule has 1 aromatic carbocycles. The Kier molecular flexibility index (Phi) is 4.50. The van der Waals surface area contributed by atoms with Crippen LogP contribution in [0.15, 0.2) is 47.2 Å². The van der Waals surface area contributed by atoms with Crippen LogP contribution in [0.2, 0.25) is 0 Å². The summed E-state index contributed by atoms with van der Waals surface area (Å²) in [4.78, 5) is 21.6. The molecule has 0 spiro atoms. The van der Waals surface area contributed by atoms with Crippen LogP contribution < -0.4 is 0 Å². The highest BCUT2D eigenvalue weighted by molar-refractivity contribution is 5.96. The fourth-order valence-corrected chi connectivity index (χ4v) is 3.13. The Morgan fingerprint density at radius 2 is 2.07 bits per heavy atom. The molecule has 0 aliphatic carbocycles. The predicted octanol–water partition coefficient (Wildman–Crippen LogP) is 3.26. The number of nitrogens with zero attached hydrogens (tertiary/aromatic N) is 5. The van der Waals surface area contributed by atoms with E-state index in [0.717, 1.165) is 5.56 Å². The maximum atomic E-state index is 12.7. The third kappa shape index (κ3) is 3.54. The molecule has 0 radical (unpaired) electrons. The standard InChI is InChI=1S/C19H12F3N5O2/c20-19(21,22)18-25-16(26-29-18)11-2-1-3-12(6-11)17(28)27-9-14(10-27)15-4-5-24-8-13(15)7-23/h1-6,8,14H,9-10H2. The summed E-state index contributed by atoms with van der Waals surface area (Å²) in [7, 11) is 0. The van der Waals surface area contributed by atoms with Crippen LogP contribution in [0.5, 0.6) is 0 Å². The number of amides is 1. The first kappa shape index (κ1) is 18.6. The van der Waals surface area contributed by atoms with E-state index in [1.54, 1.807) is 29.3 Å². The van der Waals surface area contributed by atoms with Crippen molar-refractivity contribution in [1.82, 2.24) is 20.0 Å². The molecule has 0 bridgehead atoms. The number of carbonyl (C=O) groups excluding carboxylic acids is 1. The number of rotatable bonds is 3. The van der Waals surface area contributed by atoms with Gasteiger partial charge in [-0.05, 0) is 23.8 Å². The number of aromatic nitrogens is 3. The minimum Gasteiger partial charge on any atom is -0.337 e. The lowest BCUT2D eigenvalue weighted by molar-refractivity contribution is -0.159. The highest BCUT2D eigenvalue weighted by Crippen LogP contribution is 2.32. The average Bonchev–Trinajstić information content (AvgIpc) is 3.18.